The van der Waals surface area contributed by atoms with E-state index in [1.165, 1.54) is 25.3 Å². The SMILES string of the molecule is NNC(Cc1ccccc1F)=NC1CCCCC1. The molecule has 0 spiro atoms. The van der Waals surface area contributed by atoms with Gasteiger partial charge in [0.2, 0.25) is 0 Å². The summed E-state index contributed by atoms with van der Waals surface area (Å²) in [5.41, 5.74) is 3.24. The molecule has 1 aliphatic rings. The third-order valence-corrected chi connectivity index (χ3v) is 3.40. The molecule has 0 radical (unpaired) electrons. The van der Waals surface area contributed by atoms with Gasteiger partial charge in [-0.2, -0.15) is 0 Å². The van der Waals surface area contributed by atoms with Crippen LogP contribution in [0.1, 0.15) is 37.7 Å². The lowest BCUT2D eigenvalue weighted by Crippen LogP contribution is -2.33. The molecule has 0 aromatic heterocycles. The van der Waals surface area contributed by atoms with Crippen molar-refractivity contribution in [1.29, 1.82) is 0 Å². The van der Waals surface area contributed by atoms with Crippen molar-refractivity contribution in [1.82, 2.24) is 5.43 Å². The minimum Gasteiger partial charge on any atom is -0.312 e. The summed E-state index contributed by atoms with van der Waals surface area (Å²) in [6, 6.07) is 7.09. The monoisotopic (exact) mass is 249 g/mol. The van der Waals surface area contributed by atoms with E-state index in [0.717, 1.165) is 12.8 Å². The quantitative estimate of drug-likeness (QED) is 0.374. The first-order valence-electron chi connectivity index (χ1n) is 6.56. The Bertz CT molecular complexity index is 411. The molecule has 0 heterocycles. The van der Waals surface area contributed by atoms with Crippen LogP contribution < -0.4 is 11.3 Å². The van der Waals surface area contributed by atoms with Crippen molar-refractivity contribution in [3.05, 3.63) is 35.6 Å². The van der Waals surface area contributed by atoms with Crippen LogP contribution in [0.4, 0.5) is 4.39 Å². The predicted octanol–water partition coefficient (Wildman–Crippen LogP) is 2.56. The van der Waals surface area contributed by atoms with Gasteiger partial charge in [-0.05, 0) is 24.5 Å². The molecular formula is C14H20FN3. The summed E-state index contributed by atoms with van der Waals surface area (Å²) < 4.78 is 13.5. The summed E-state index contributed by atoms with van der Waals surface area (Å²) in [7, 11) is 0. The van der Waals surface area contributed by atoms with Crippen LogP contribution in [0.25, 0.3) is 0 Å². The summed E-state index contributed by atoms with van der Waals surface area (Å²) in [5, 5.41) is 0. The number of hydrazine groups is 1. The molecule has 3 N–H and O–H groups in total. The van der Waals surface area contributed by atoms with E-state index in [-0.39, 0.29) is 5.82 Å². The van der Waals surface area contributed by atoms with Crippen LogP contribution in [0.2, 0.25) is 0 Å². The molecule has 0 unspecified atom stereocenters. The molecule has 2 rings (SSSR count). The van der Waals surface area contributed by atoms with Gasteiger partial charge in [0.05, 0.1) is 6.04 Å². The number of nitrogens with zero attached hydrogens (tertiary/aromatic N) is 1. The number of nitrogens with one attached hydrogen (secondary N) is 1. The summed E-state index contributed by atoms with van der Waals surface area (Å²) in [6.45, 7) is 0. The van der Waals surface area contributed by atoms with Crippen molar-refractivity contribution in [3.63, 3.8) is 0 Å². The van der Waals surface area contributed by atoms with E-state index in [1.54, 1.807) is 12.1 Å². The van der Waals surface area contributed by atoms with Gasteiger partial charge >= 0.3 is 0 Å². The van der Waals surface area contributed by atoms with Gasteiger partial charge in [-0.15, -0.1) is 0 Å². The number of nitrogens with two attached hydrogens (primary N) is 1. The van der Waals surface area contributed by atoms with Gasteiger partial charge in [-0.1, -0.05) is 37.5 Å². The van der Waals surface area contributed by atoms with Gasteiger partial charge in [-0.25, -0.2) is 10.2 Å². The minimum atomic E-state index is -0.205. The van der Waals surface area contributed by atoms with Crippen molar-refractivity contribution in [2.75, 3.05) is 0 Å². The third kappa shape index (κ3) is 3.53. The first-order chi connectivity index (χ1) is 8.79. The second-order valence-corrected chi connectivity index (χ2v) is 4.78. The molecule has 0 amide bonds. The van der Waals surface area contributed by atoms with E-state index >= 15 is 0 Å². The van der Waals surface area contributed by atoms with Gasteiger partial charge < -0.3 is 5.43 Å². The Morgan fingerprint density at radius 3 is 2.67 bits per heavy atom. The molecule has 0 atom stereocenters. The number of halogens is 1. The van der Waals surface area contributed by atoms with Crippen LogP contribution in [-0.2, 0) is 6.42 Å². The van der Waals surface area contributed by atoms with Gasteiger partial charge in [0.15, 0.2) is 0 Å². The lowest BCUT2D eigenvalue weighted by molar-refractivity contribution is 0.442. The fraction of sp³-hybridized carbons (Fsp3) is 0.500. The molecule has 18 heavy (non-hydrogen) atoms. The number of hydrogen-bond acceptors (Lipinski definition) is 2. The van der Waals surface area contributed by atoms with E-state index in [2.05, 4.69) is 10.4 Å². The van der Waals surface area contributed by atoms with Crippen molar-refractivity contribution in [2.45, 2.75) is 44.6 Å². The van der Waals surface area contributed by atoms with E-state index in [1.807, 2.05) is 6.07 Å². The molecule has 3 nitrogen and oxygen atoms in total. The van der Waals surface area contributed by atoms with Crippen molar-refractivity contribution >= 4 is 5.84 Å². The van der Waals surface area contributed by atoms with Gasteiger partial charge in [-0.3, -0.25) is 4.99 Å². The largest absolute Gasteiger partial charge is 0.312 e. The predicted molar refractivity (Wildman–Crippen MR) is 71.7 cm³/mol. The highest BCUT2D eigenvalue weighted by Crippen LogP contribution is 2.20. The Kier molecular flexibility index (Phi) is 4.70. The fourth-order valence-electron chi connectivity index (χ4n) is 2.39. The molecule has 0 saturated heterocycles. The lowest BCUT2D eigenvalue weighted by Gasteiger charge is -2.19. The second-order valence-electron chi connectivity index (χ2n) is 4.78. The molecule has 1 aliphatic carbocycles. The highest BCUT2D eigenvalue weighted by molar-refractivity contribution is 5.84. The standard InChI is InChI=1S/C14H20FN3/c15-13-9-5-4-6-11(13)10-14(18-16)17-12-7-2-1-3-8-12/h4-6,9,12H,1-3,7-8,10,16H2,(H,17,18). The molecule has 0 bridgehead atoms. The van der Waals surface area contributed by atoms with E-state index < -0.39 is 0 Å². The molecule has 1 saturated carbocycles. The lowest BCUT2D eigenvalue weighted by atomic mass is 9.96. The van der Waals surface area contributed by atoms with E-state index in [9.17, 15) is 4.39 Å². The molecule has 98 valence electrons. The smallest absolute Gasteiger partial charge is 0.126 e. The maximum atomic E-state index is 13.5. The molecule has 1 fully saturated rings. The van der Waals surface area contributed by atoms with Crippen LogP contribution in [-0.4, -0.2) is 11.9 Å². The number of benzene rings is 1. The Morgan fingerprint density at radius 2 is 2.00 bits per heavy atom. The first kappa shape index (κ1) is 13.0. The molecule has 1 aromatic rings. The normalized spacial score (nSPS) is 17.8. The summed E-state index contributed by atoms with van der Waals surface area (Å²) in [6.07, 6.45) is 6.41. The van der Waals surface area contributed by atoms with Crippen molar-refractivity contribution in [3.8, 4) is 0 Å². The van der Waals surface area contributed by atoms with Crippen LogP contribution >= 0.6 is 0 Å². The highest BCUT2D eigenvalue weighted by atomic mass is 19.1. The first-order valence-corrected chi connectivity index (χ1v) is 6.56. The van der Waals surface area contributed by atoms with Crippen molar-refractivity contribution < 1.29 is 4.39 Å². The maximum Gasteiger partial charge on any atom is 0.126 e. The molecule has 1 aromatic carbocycles. The molecular weight excluding hydrogens is 229 g/mol. The Labute approximate surface area is 107 Å². The van der Waals surface area contributed by atoms with E-state index in [0.29, 0.717) is 23.9 Å². The van der Waals surface area contributed by atoms with Crippen LogP contribution in [0, 0.1) is 5.82 Å². The summed E-state index contributed by atoms with van der Waals surface area (Å²) >= 11 is 0. The number of hydrogen-bond donors (Lipinski definition) is 2. The topological polar surface area (TPSA) is 50.4 Å². The second kappa shape index (κ2) is 6.50. The minimum absolute atomic E-state index is 0.205. The summed E-state index contributed by atoms with van der Waals surface area (Å²) in [4.78, 5) is 4.60. The van der Waals surface area contributed by atoms with E-state index in [4.69, 9.17) is 5.84 Å². The fourth-order valence-corrected chi connectivity index (χ4v) is 2.39. The number of rotatable bonds is 3. The number of amidine groups is 1. The van der Waals surface area contributed by atoms with Gasteiger partial charge in [0.25, 0.3) is 0 Å². The average molecular weight is 249 g/mol. The van der Waals surface area contributed by atoms with Crippen LogP contribution in [0.5, 0.6) is 0 Å². The highest BCUT2D eigenvalue weighted by Gasteiger charge is 2.13. The Hall–Kier alpha value is -1.42. The maximum absolute atomic E-state index is 13.5. The Morgan fingerprint density at radius 1 is 1.28 bits per heavy atom. The molecule has 4 heteroatoms. The number of aliphatic imine (C=N–C) groups is 1. The molecule has 0 aliphatic heterocycles. The van der Waals surface area contributed by atoms with Crippen LogP contribution in [0.15, 0.2) is 29.3 Å². The zero-order valence-corrected chi connectivity index (χ0v) is 10.5. The summed E-state index contributed by atoms with van der Waals surface area (Å²) in [5.74, 6) is 5.95. The van der Waals surface area contributed by atoms with Gasteiger partial charge in [0, 0.05) is 6.42 Å². The zero-order valence-electron chi connectivity index (χ0n) is 10.5. The third-order valence-electron chi connectivity index (χ3n) is 3.40. The average Bonchev–Trinajstić information content (AvgIpc) is 2.41. The van der Waals surface area contributed by atoms with Crippen molar-refractivity contribution in [2.24, 2.45) is 10.8 Å². The van der Waals surface area contributed by atoms with Crippen LogP contribution in [0.3, 0.4) is 0 Å². The Balaban J connectivity index is 2.04. The van der Waals surface area contributed by atoms with Gasteiger partial charge in [0.1, 0.15) is 11.7 Å². The zero-order chi connectivity index (χ0) is 12.8.